The lowest BCUT2D eigenvalue weighted by molar-refractivity contribution is 0.317. The largest absolute Gasteiger partial charge is 0.504 e. The maximum Gasteiger partial charge on any atom is 0.171 e. The zero-order chi connectivity index (χ0) is 20.6. The van der Waals surface area contributed by atoms with Gasteiger partial charge in [-0.05, 0) is 83.8 Å². The van der Waals surface area contributed by atoms with E-state index in [0.717, 1.165) is 22.3 Å². The van der Waals surface area contributed by atoms with Gasteiger partial charge in [0.15, 0.2) is 11.5 Å². The molecule has 1 heterocycles. The Morgan fingerprint density at radius 1 is 1.29 bits per heavy atom. The number of rotatable bonds is 3. The number of benzene rings is 1. The Kier molecular flexibility index (Phi) is 5.30. The van der Waals surface area contributed by atoms with Crippen LogP contribution in [0, 0.1) is 33.2 Å². The minimum Gasteiger partial charge on any atom is -0.504 e. The molecule has 0 fully saturated rings. The van der Waals surface area contributed by atoms with E-state index in [1.807, 2.05) is 55.5 Å². The number of aromatic nitrogens is 1. The van der Waals surface area contributed by atoms with Crippen molar-refractivity contribution in [2.75, 3.05) is 12.3 Å². The quantitative estimate of drug-likeness (QED) is 0.624. The molecule has 0 unspecified atom stereocenters. The normalized spacial score (nSPS) is 14.0. The van der Waals surface area contributed by atoms with Crippen LogP contribution in [-0.4, -0.2) is 16.7 Å². The molecule has 1 aromatic carbocycles. The summed E-state index contributed by atoms with van der Waals surface area (Å²) >= 11 is 2.05. The van der Waals surface area contributed by atoms with Crippen LogP contribution in [0.3, 0.4) is 0 Å². The Hall–Kier alpha value is -3.04. The van der Waals surface area contributed by atoms with Crippen LogP contribution in [0.2, 0.25) is 0 Å². The molecule has 6 nitrogen and oxygen atoms in total. The second-order valence-electron chi connectivity index (χ2n) is 6.28. The summed E-state index contributed by atoms with van der Waals surface area (Å²) in [6, 6.07) is 7.87. The fourth-order valence-electron chi connectivity index (χ4n) is 3.30. The summed E-state index contributed by atoms with van der Waals surface area (Å²) < 4.78 is 6.17. The van der Waals surface area contributed by atoms with Gasteiger partial charge in [-0.2, -0.15) is 10.5 Å². The molecule has 0 aliphatic heterocycles. The highest BCUT2D eigenvalue weighted by molar-refractivity contribution is 14.1. The first-order valence-electron chi connectivity index (χ1n) is 8.53. The van der Waals surface area contributed by atoms with Crippen molar-refractivity contribution >= 4 is 45.6 Å². The molecule has 7 heteroatoms. The number of ether oxygens (including phenoxy) is 1. The third kappa shape index (κ3) is 3.08. The van der Waals surface area contributed by atoms with Crippen molar-refractivity contribution in [3.8, 4) is 23.6 Å². The highest BCUT2D eigenvalue weighted by atomic mass is 127. The summed E-state index contributed by atoms with van der Waals surface area (Å²) in [5.74, 6) is 0.614. The van der Waals surface area contributed by atoms with Crippen LogP contribution >= 0.6 is 22.6 Å². The summed E-state index contributed by atoms with van der Waals surface area (Å²) in [4.78, 5) is 4.33. The number of hydrogen-bond donors (Lipinski definition) is 2. The molecule has 1 aromatic heterocycles. The van der Waals surface area contributed by atoms with Crippen molar-refractivity contribution in [3.05, 3.63) is 49.2 Å². The molecule has 0 saturated carbocycles. The molecular weight excluding hydrogens is 467 g/mol. The maximum absolute atomic E-state index is 10.2. The Labute approximate surface area is 176 Å². The van der Waals surface area contributed by atoms with Crippen LogP contribution in [0.4, 0.5) is 5.82 Å². The Balaban J connectivity index is 2.29. The van der Waals surface area contributed by atoms with Crippen molar-refractivity contribution in [2.45, 2.75) is 20.8 Å². The van der Waals surface area contributed by atoms with E-state index in [1.54, 1.807) is 6.07 Å². The zero-order valence-corrected chi connectivity index (χ0v) is 17.7. The van der Waals surface area contributed by atoms with Gasteiger partial charge in [0, 0.05) is 5.56 Å². The number of nitriles is 2. The fourth-order valence-corrected chi connectivity index (χ4v) is 3.93. The van der Waals surface area contributed by atoms with Gasteiger partial charge < -0.3 is 15.6 Å². The molecule has 0 atom stereocenters. The van der Waals surface area contributed by atoms with E-state index < -0.39 is 0 Å². The molecule has 0 bridgehead atoms. The van der Waals surface area contributed by atoms with E-state index in [0.29, 0.717) is 38.3 Å². The van der Waals surface area contributed by atoms with Crippen LogP contribution in [-0.2, 0) is 0 Å². The number of nitrogens with zero attached hydrogens (tertiary/aromatic N) is 3. The third-order valence-corrected chi connectivity index (χ3v) is 5.47. The van der Waals surface area contributed by atoms with Crippen molar-refractivity contribution in [1.82, 2.24) is 4.98 Å². The standard InChI is InChI=1S/C21H17IN4O2/c1-4-28-17-7-12(6-16(22)20(17)27)5-13-10(2)14(8-23)19-18(13)11(3)15(9-24)21(25)26-19/h5-7,27H,4H2,1-3H3,(H2,25,26)/b13-5+. The first-order valence-corrected chi connectivity index (χ1v) is 9.61. The summed E-state index contributed by atoms with van der Waals surface area (Å²) in [5.41, 5.74) is 11.0. The molecule has 0 radical (unpaired) electrons. The van der Waals surface area contributed by atoms with E-state index in [4.69, 9.17) is 10.5 Å². The van der Waals surface area contributed by atoms with E-state index in [-0.39, 0.29) is 11.6 Å². The highest BCUT2D eigenvalue weighted by Crippen LogP contribution is 2.44. The molecule has 140 valence electrons. The number of halogens is 1. The van der Waals surface area contributed by atoms with Gasteiger partial charge in [0.2, 0.25) is 0 Å². The molecule has 1 aliphatic carbocycles. The van der Waals surface area contributed by atoms with Crippen LogP contribution in [0.25, 0.3) is 17.2 Å². The number of hydrogen-bond acceptors (Lipinski definition) is 6. The van der Waals surface area contributed by atoms with Crippen molar-refractivity contribution in [3.63, 3.8) is 0 Å². The number of pyridine rings is 1. The van der Waals surface area contributed by atoms with Gasteiger partial charge in [-0.25, -0.2) is 4.98 Å². The first-order chi connectivity index (χ1) is 13.3. The van der Waals surface area contributed by atoms with E-state index in [9.17, 15) is 15.6 Å². The van der Waals surface area contributed by atoms with Crippen LogP contribution in [0.5, 0.6) is 11.5 Å². The molecule has 28 heavy (non-hydrogen) atoms. The summed E-state index contributed by atoms with van der Waals surface area (Å²) in [6.07, 6.45) is 1.91. The number of fused-ring (bicyclic) bond motifs is 1. The molecule has 3 N–H and O–H groups in total. The zero-order valence-electron chi connectivity index (χ0n) is 15.6. The van der Waals surface area contributed by atoms with Crippen LogP contribution in [0.1, 0.15) is 41.8 Å². The second kappa shape index (κ2) is 7.53. The lowest BCUT2D eigenvalue weighted by Crippen LogP contribution is -2.03. The predicted octanol–water partition coefficient (Wildman–Crippen LogP) is 4.40. The van der Waals surface area contributed by atoms with Crippen molar-refractivity contribution in [1.29, 1.82) is 10.5 Å². The number of phenolic OH excluding ortho intramolecular Hbond substituents is 1. The number of nitrogens with two attached hydrogens (primary N) is 1. The minimum atomic E-state index is 0.0961. The summed E-state index contributed by atoms with van der Waals surface area (Å²) in [5, 5.41) is 29.3. The topological polar surface area (TPSA) is 116 Å². The Morgan fingerprint density at radius 2 is 2.00 bits per heavy atom. The molecule has 3 rings (SSSR count). The van der Waals surface area contributed by atoms with Crippen LogP contribution < -0.4 is 10.5 Å². The van der Waals surface area contributed by atoms with Gasteiger partial charge in [0.05, 0.1) is 27.0 Å². The average Bonchev–Trinajstić information content (AvgIpc) is 2.91. The van der Waals surface area contributed by atoms with Gasteiger partial charge in [0.1, 0.15) is 18.0 Å². The lowest BCUT2D eigenvalue weighted by atomic mass is 9.95. The summed E-state index contributed by atoms with van der Waals surface area (Å²) in [7, 11) is 0. The SMILES string of the molecule is CCOc1cc(/C=C2\C(C)=C(C#N)c3nc(N)c(C#N)c(C)c32)cc(I)c1O. The molecule has 0 saturated heterocycles. The molecule has 2 aromatic rings. The van der Waals surface area contributed by atoms with Crippen LogP contribution in [0.15, 0.2) is 17.7 Å². The predicted molar refractivity (Wildman–Crippen MR) is 116 cm³/mol. The fraction of sp³-hybridized carbons (Fsp3) is 0.190. The van der Waals surface area contributed by atoms with Gasteiger partial charge in [-0.1, -0.05) is 0 Å². The van der Waals surface area contributed by atoms with Crippen molar-refractivity contribution in [2.24, 2.45) is 0 Å². The second-order valence-corrected chi connectivity index (χ2v) is 7.45. The molecule has 1 aliphatic rings. The number of anilines is 1. The molecule has 0 spiro atoms. The monoisotopic (exact) mass is 484 g/mol. The Bertz CT molecular complexity index is 1150. The molecular formula is C21H17IN4O2. The minimum absolute atomic E-state index is 0.0961. The number of allylic oxidation sites excluding steroid dienone is 3. The number of aromatic hydroxyl groups is 1. The van der Waals surface area contributed by atoms with Gasteiger partial charge >= 0.3 is 0 Å². The van der Waals surface area contributed by atoms with Crippen molar-refractivity contribution < 1.29 is 9.84 Å². The number of nitrogen functional groups attached to an aromatic ring is 1. The van der Waals surface area contributed by atoms with E-state index in [1.165, 1.54) is 0 Å². The highest BCUT2D eigenvalue weighted by Gasteiger charge is 2.29. The van der Waals surface area contributed by atoms with Gasteiger partial charge in [0.25, 0.3) is 0 Å². The lowest BCUT2D eigenvalue weighted by Gasteiger charge is -2.12. The third-order valence-electron chi connectivity index (χ3n) is 4.65. The average molecular weight is 484 g/mol. The van der Waals surface area contributed by atoms with E-state index >= 15 is 0 Å². The number of phenols is 1. The van der Waals surface area contributed by atoms with E-state index in [2.05, 4.69) is 17.1 Å². The smallest absolute Gasteiger partial charge is 0.171 e. The van der Waals surface area contributed by atoms with Gasteiger partial charge in [-0.3, -0.25) is 0 Å². The first kappa shape index (κ1) is 19.7. The summed E-state index contributed by atoms with van der Waals surface area (Å²) in [6.45, 7) is 5.93. The van der Waals surface area contributed by atoms with Gasteiger partial charge in [-0.15, -0.1) is 0 Å². The molecule has 0 amide bonds. The maximum atomic E-state index is 10.2. The Morgan fingerprint density at radius 3 is 2.61 bits per heavy atom.